The van der Waals surface area contributed by atoms with Crippen LogP contribution in [0.25, 0.3) is 0 Å². The van der Waals surface area contributed by atoms with E-state index in [2.05, 4.69) is 14.2 Å². The monoisotopic (exact) mass is 288 g/mol. The summed E-state index contributed by atoms with van der Waals surface area (Å²) in [6.45, 7) is 1.17. The van der Waals surface area contributed by atoms with Gasteiger partial charge in [-0.05, 0) is 6.42 Å². The molecular weight excluding hydrogens is 272 g/mol. The van der Waals surface area contributed by atoms with Crippen molar-refractivity contribution in [3.05, 3.63) is 12.2 Å². The standard InChI is InChI=1S/C12H16O8/c1-4-8(12(16)20-11(15)7-17-2)19-10(14)6-5-9(13)18-3/h5-6,8H,4,7H2,1-3H3/b6-5+. The van der Waals surface area contributed by atoms with Gasteiger partial charge in [-0.25, -0.2) is 19.2 Å². The van der Waals surface area contributed by atoms with Crippen molar-refractivity contribution >= 4 is 23.9 Å². The average Bonchev–Trinajstić information content (AvgIpc) is 2.41. The van der Waals surface area contributed by atoms with Crippen molar-refractivity contribution in [3.63, 3.8) is 0 Å². The molecule has 0 aliphatic heterocycles. The SMILES string of the molecule is CCC(OC(=O)/C=C/C(=O)OC)C(=O)OC(=O)COC. The van der Waals surface area contributed by atoms with E-state index < -0.39 is 36.6 Å². The minimum absolute atomic E-state index is 0.108. The molecule has 0 aliphatic carbocycles. The highest BCUT2D eigenvalue weighted by Gasteiger charge is 2.24. The molecule has 0 bridgehead atoms. The highest BCUT2D eigenvalue weighted by Crippen LogP contribution is 2.03. The fourth-order valence-electron chi connectivity index (χ4n) is 1.01. The van der Waals surface area contributed by atoms with Crippen molar-refractivity contribution in [1.82, 2.24) is 0 Å². The molecule has 8 nitrogen and oxygen atoms in total. The molecule has 0 radical (unpaired) electrons. The Bertz CT molecular complexity index is 398. The van der Waals surface area contributed by atoms with Crippen LogP contribution in [0.5, 0.6) is 0 Å². The van der Waals surface area contributed by atoms with E-state index >= 15 is 0 Å². The molecule has 1 unspecified atom stereocenters. The lowest BCUT2D eigenvalue weighted by Crippen LogP contribution is -2.31. The lowest BCUT2D eigenvalue weighted by molar-refractivity contribution is -0.174. The number of carbonyl (C=O) groups is 4. The second-order valence-corrected chi connectivity index (χ2v) is 3.42. The molecule has 8 heteroatoms. The Morgan fingerprint density at radius 1 is 1.05 bits per heavy atom. The van der Waals surface area contributed by atoms with Gasteiger partial charge in [0, 0.05) is 19.3 Å². The van der Waals surface area contributed by atoms with Gasteiger partial charge in [-0.3, -0.25) is 0 Å². The van der Waals surface area contributed by atoms with Gasteiger partial charge in [-0.15, -0.1) is 0 Å². The Hall–Kier alpha value is -2.22. The number of rotatable bonds is 7. The maximum Gasteiger partial charge on any atom is 0.355 e. The number of ether oxygens (including phenoxy) is 4. The molecule has 112 valence electrons. The first-order valence-corrected chi connectivity index (χ1v) is 5.64. The molecule has 0 heterocycles. The lowest BCUT2D eigenvalue weighted by Gasteiger charge is -2.12. The van der Waals surface area contributed by atoms with E-state index in [4.69, 9.17) is 4.74 Å². The van der Waals surface area contributed by atoms with Crippen molar-refractivity contribution in [2.75, 3.05) is 20.8 Å². The fraction of sp³-hybridized carbons (Fsp3) is 0.500. The van der Waals surface area contributed by atoms with Gasteiger partial charge in [0.05, 0.1) is 7.11 Å². The molecule has 1 atom stereocenters. The van der Waals surface area contributed by atoms with Gasteiger partial charge in [-0.1, -0.05) is 6.92 Å². The molecule has 0 aliphatic rings. The van der Waals surface area contributed by atoms with E-state index in [0.29, 0.717) is 0 Å². The Morgan fingerprint density at radius 3 is 2.15 bits per heavy atom. The summed E-state index contributed by atoms with van der Waals surface area (Å²) >= 11 is 0. The van der Waals surface area contributed by atoms with Gasteiger partial charge in [0.2, 0.25) is 0 Å². The zero-order chi connectivity index (χ0) is 15.5. The number of esters is 4. The van der Waals surface area contributed by atoms with Gasteiger partial charge in [0.15, 0.2) is 6.10 Å². The average molecular weight is 288 g/mol. The Morgan fingerprint density at radius 2 is 1.65 bits per heavy atom. The molecule has 20 heavy (non-hydrogen) atoms. The molecule has 0 saturated heterocycles. The maximum atomic E-state index is 11.5. The van der Waals surface area contributed by atoms with E-state index in [1.54, 1.807) is 6.92 Å². The minimum Gasteiger partial charge on any atom is -0.466 e. The predicted molar refractivity (Wildman–Crippen MR) is 64.3 cm³/mol. The van der Waals surface area contributed by atoms with Crippen molar-refractivity contribution in [3.8, 4) is 0 Å². The molecule has 0 aromatic heterocycles. The zero-order valence-corrected chi connectivity index (χ0v) is 11.4. The van der Waals surface area contributed by atoms with Gasteiger partial charge in [-0.2, -0.15) is 0 Å². The second-order valence-electron chi connectivity index (χ2n) is 3.42. The van der Waals surface area contributed by atoms with Crippen LogP contribution in [0.4, 0.5) is 0 Å². The first kappa shape index (κ1) is 17.8. The highest BCUT2D eigenvalue weighted by molar-refractivity contribution is 5.94. The molecule has 0 rings (SSSR count). The molecular formula is C12H16O8. The Kier molecular flexibility index (Phi) is 8.60. The van der Waals surface area contributed by atoms with Gasteiger partial charge < -0.3 is 18.9 Å². The molecule has 0 N–H and O–H groups in total. The largest absolute Gasteiger partial charge is 0.466 e. The summed E-state index contributed by atoms with van der Waals surface area (Å²) in [7, 11) is 2.41. The first-order valence-electron chi connectivity index (χ1n) is 5.64. The number of methoxy groups -OCH3 is 2. The van der Waals surface area contributed by atoms with E-state index in [-0.39, 0.29) is 6.42 Å². The van der Waals surface area contributed by atoms with E-state index in [0.717, 1.165) is 19.3 Å². The second kappa shape index (κ2) is 9.68. The van der Waals surface area contributed by atoms with Crippen LogP contribution in [0.2, 0.25) is 0 Å². The summed E-state index contributed by atoms with van der Waals surface area (Å²) in [4.78, 5) is 44.6. The molecule has 0 aromatic carbocycles. The van der Waals surface area contributed by atoms with Crippen LogP contribution in [-0.2, 0) is 38.1 Å². The van der Waals surface area contributed by atoms with Gasteiger partial charge >= 0.3 is 23.9 Å². The fourth-order valence-corrected chi connectivity index (χ4v) is 1.01. The van der Waals surface area contributed by atoms with Crippen LogP contribution in [-0.4, -0.2) is 50.8 Å². The van der Waals surface area contributed by atoms with Crippen LogP contribution in [0.3, 0.4) is 0 Å². The van der Waals surface area contributed by atoms with Crippen LogP contribution in [0.15, 0.2) is 12.2 Å². The summed E-state index contributed by atoms with van der Waals surface area (Å²) in [5.74, 6) is -3.57. The van der Waals surface area contributed by atoms with Gasteiger partial charge in [0.25, 0.3) is 0 Å². The van der Waals surface area contributed by atoms with Crippen LogP contribution in [0, 0.1) is 0 Å². The smallest absolute Gasteiger partial charge is 0.355 e. The summed E-state index contributed by atoms with van der Waals surface area (Å²) < 4.78 is 17.9. The maximum absolute atomic E-state index is 11.5. The predicted octanol–water partition coefficient (Wildman–Crippen LogP) is -0.246. The number of hydrogen-bond donors (Lipinski definition) is 0. The Labute approximate surface area is 115 Å². The molecule has 0 fully saturated rings. The van der Waals surface area contributed by atoms with Gasteiger partial charge in [0.1, 0.15) is 6.61 Å². The normalized spacial score (nSPS) is 11.8. The molecule has 0 aromatic rings. The summed E-state index contributed by atoms with van der Waals surface area (Å²) in [6.07, 6.45) is 0.511. The molecule has 0 amide bonds. The number of hydrogen-bond acceptors (Lipinski definition) is 8. The van der Waals surface area contributed by atoms with Crippen LogP contribution in [0.1, 0.15) is 13.3 Å². The first-order chi connectivity index (χ1) is 9.44. The number of carbonyl (C=O) groups excluding carboxylic acids is 4. The quantitative estimate of drug-likeness (QED) is 0.273. The summed E-state index contributed by atoms with van der Waals surface area (Å²) in [6, 6.07) is 0. The third kappa shape index (κ3) is 7.27. The van der Waals surface area contributed by atoms with E-state index in [9.17, 15) is 19.2 Å². The van der Waals surface area contributed by atoms with Crippen molar-refractivity contribution in [2.24, 2.45) is 0 Å². The van der Waals surface area contributed by atoms with E-state index in [1.807, 2.05) is 0 Å². The summed E-state index contributed by atoms with van der Waals surface area (Å²) in [5.41, 5.74) is 0. The van der Waals surface area contributed by atoms with Crippen molar-refractivity contribution < 1.29 is 38.1 Å². The zero-order valence-electron chi connectivity index (χ0n) is 11.4. The van der Waals surface area contributed by atoms with Crippen molar-refractivity contribution in [2.45, 2.75) is 19.4 Å². The van der Waals surface area contributed by atoms with E-state index in [1.165, 1.54) is 7.11 Å². The minimum atomic E-state index is -1.24. The third-order valence-electron chi connectivity index (χ3n) is 1.93. The lowest BCUT2D eigenvalue weighted by atomic mass is 10.3. The third-order valence-corrected chi connectivity index (χ3v) is 1.93. The molecule has 0 saturated carbocycles. The van der Waals surface area contributed by atoms with Crippen LogP contribution < -0.4 is 0 Å². The Balaban J connectivity index is 4.43. The van der Waals surface area contributed by atoms with Crippen molar-refractivity contribution in [1.29, 1.82) is 0 Å². The highest BCUT2D eigenvalue weighted by atomic mass is 16.6. The topological polar surface area (TPSA) is 105 Å². The molecule has 0 spiro atoms. The van der Waals surface area contributed by atoms with Crippen LogP contribution >= 0.6 is 0 Å². The summed E-state index contributed by atoms with van der Waals surface area (Å²) in [5, 5.41) is 0.